The lowest BCUT2D eigenvalue weighted by Crippen LogP contribution is -1.98. The molecule has 1 aromatic rings. The van der Waals surface area contributed by atoms with Crippen LogP contribution in [0.2, 0.25) is 0 Å². The average molecular weight is 196 g/mol. The van der Waals surface area contributed by atoms with E-state index in [-0.39, 0.29) is 6.10 Å². The summed E-state index contributed by atoms with van der Waals surface area (Å²) in [7, 11) is 0. The largest absolute Gasteiger partial charge is 0.465 e. The van der Waals surface area contributed by atoms with E-state index in [4.69, 9.17) is 11.5 Å². The smallest absolute Gasteiger partial charge is 0.293 e. The Morgan fingerprint density at radius 3 is 1.93 bits per heavy atom. The van der Waals surface area contributed by atoms with Crippen LogP contribution in [-0.4, -0.2) is 12.6 Å². The molecule has 0 unspecified atom stereocenters. The highest BCUT2D eigenvalue weighted by molar-refractivity contribution is 5.50. The maximum atomic E-state index is 9.39. The number of rotatable bonds is 2. The fraction of sp³-hybridized carbons (Fsp3) is 0.300. The van der Waals surface area contributed by atoms with E-state index in [1.807, 2.05) is 6.07 Å². The predicted octanol–water partition coefficient (Wildman–Crippen LogP) is 1.42. The van der Waals surface area contributed by atoms with E-state index in [0.29, 0.717) is 17.8 Å². The van der Waals surface area contributed by atoms with Gasteiger partial charge in [0.25, 0.3) is 6.47 Å². The zero-order valence-electron chi connectivity index (χ0n) is 8.44. The number of ether oxygens (including phenoxy) is 1. The molecule has 0 fully saturated rings. The summed E-state index contributed by atoms with van der Waals surface area (Å²) >= 11 is 0. The second-order valence-corrected chi connectivity index (χ2v) is 2.95. The van der Waals surface area contributed by atoms with Gasteiger partial charge in [0.15, 0.2) is 0 Å². The van der Waals surface area contributed by atoms with Crippen LogP contribution in [-0.2, 0) is 9.53 Å². The molecule has 0 saturated heterocycles. The van der Waals surface area contributed by atoms with Crippen molar-refractivity contribution in [3.63, 3.8) is 0 Å². The van der Waals surface area contributed by atoms with Crippen LogP contribution >= 0.6 is 0 Å². The molecule has 1 aromatic carbocycles. The first-order valence-electron chi connectivity index (χ1n) is 4.26. The molecular weight excluding hydrogens is 180 g/mol. The van der Waals surface area contributed by atoms with Gasteiger partial charge < -0.3 is 16.2 Å². The van der Waals surface area contributed by atoms with E-state index in [2.05, 4.69) is 4.74 Å². The Kier molecular flexibility index (Phi) is 5.94. The van der Waals surface area contributed by atoms with Gasteiger partial charge in [0.05, 0.1) is 6.10 Å². The van der Waals surface area contributed by atoms with Crippen LogP contribution in [0.4, 0.5) is 11.4 Å². The minimum atomic E-state index is 0.0301. The number of nitrogen functional groups attached to an aromatic ring is 2. The molecule has 78 valence electrons. The van der Waals surface area contributed by atoms with Crippen LogP contribution in [0.1, 0.15) is 13.8 Å². The van der Waals surface area contributed by atoms with Crippen molar-refractivity contribution in [2.45, 2.75) is 20.0 Å². The van der Waals surface area contributed by atoms with Gasteiger partial charge in [0.1, 0.15) is 0 Å². The van der Waals surface area contributed by atoms with Crippen LogP contribution in [0.25, 0.3) is 0 Å². The van der Waals surface area contributed by atoms with Gasteiger partial charge >= 0.3 is 0 Å². The van der Waals surface area contributed by atoms with E-state index in [1.165, 1.54) is 0 Å². The highest BCUT2D eigenvalue weighted by atomic mass is 16.5. The molecule has 0 heterocycles. The molecule has 0 aliphatic carbocycles. The number of hydrogen-bond donors (Lipinski definition) is 2. The normalized spacial score (nSPS) is 8.79. The SMILES string of the molecule is CC(C)OC=O.Nc1cccc(N)c1. The summed E-state index contributed by atoms with van der Waals surface area (Å²) in [5, 5.41) is 0. The van der Waals surface area contributed by atoms with Crippen molar-refractivity contribution in [3.8, 4) is 0 Å². The molecule has 0 amide bonds. The van der Waals surface area contributed by atoms with E-state index < -0.39 is 0 Å². The van der Waals surface area contributed by atoms with Gasteiger partial charge in [-0.05, 0) is 32.0 Å². The average Bonchev–Trinajstić information content (AvgIpc) is 2.03. The zero-order valence-corrected chi connectivity index (χ0v) is 8.44. The number of anilines is 2. The van der Waals surface area contributed by atoms with Gasteiger partial charge in [-0.1, -0.05) is 6.07 Å². The second kappa shape index (κ2) is 6.77. The Labute approximate surface area is 83.9 Å². The summed E-state index contributed by atoms with van der Waals surface area (Å²) < 4.78 is 4.36. The van der Waals surface area contributed by atoms with Crippen molar-refractivity contribution in [2.24, 2.45) is 0 Å². The third kappa shape index (κ3) is 6.97. The van der Waals surface area contributed by atoms with Crippen LogP contribution in [0.15, 0.2) is 24.3 Å². The molecule has 0 aromatic heterocycles. The van der Waals surface area contributed by atoms with E-state index >= 15 is 0 Å². The van der Waals surface area contributed by atoms with E-state index in [0.717, 1.165) is 0 Å². The topological polar surface area (TPSA) is 78.3 Å². The van der Waals surface area contributed by atoms with Crippen LogP contribution in [0.3, 0.4) is 0 Å². The summed E-state index contributed by atoms with van der Waals surface area (Å²) in [4.78, 5) is 9.39. The Balaban J connectivity index is 0.000000255. The van der Waals surface area contributed by atoms with E-state index in [1.54, 1.807) is 32.0 Å². The fourth-order valence-electron chi connectivity index (χ4n) is 0.670. The number of carbonyl (C=O) groups is 1. The first-order chi connectivity index (χ1) is 6.56. The third-order valence-electron chi connectivity index (χ3n) is 1.24. The van der Waals surface area contributed by atoms with Crippen molar-refractivity contribution < 1.29 is 9.53 Å². The van der Waals surface area contributed by atoms with Gasteiger partial charge in [-0.15, -0.1) is 0 Å². The summed E-state index contributed by atoms with van der Waals surface area (Å²) in [6.45, 7) is 4.05. The van der Waals surface area contributed by atoms with Gasteiger partial charge in [-0.25, -0.2) is 0 Å². The quantitative estimate of drug-likeness (QED) is 0.554. The zero-order chi connectivity index (χ0) is 11.0. The lowest BCUT2D eigenvalue weighted by molar-refractivity contribution is -0.131. The Hall–Kier alpha value is -1.71. The molecule has 0 aliphatic rings. The maximum absolute atomic E-state index is 9.39. The van der Waals surface area contributed by atoms with Crippen LogP contribution in [0.5, 0.6) is 0 Å². The maximum Gasteiger partial charge on any atom is 0.293 e. The van der Waals surface area contributed by atoms with Gasteiger partial charge in [0.2, 0.25) is 0 Å². The predicted molar refractivity (Wildman–Crippen MR) is 57.6 cm³/mol. The Morgan fingerprint density at radius 1 is 1.29 bits per heavy atom. The van der Waals surface area contributed by atoms with Gasteiger partial charge in [0, 0.05) is 11.4 Å². The molecule has 14 heavy (non-hydrogen) atoms. The minimum Gasteiger partial charge on any atom is -0.465 e. The van der Waals surface area contributed by atoms with Gasteiger partial charge in [-0.2, -0.15) is 0 Å². The van der Waals surface area contributed by atoms with Crippen LogP contribution in [0, 0.1) is 0 Å². The molecule has 4 N–H and O–H groups in total. The number of carbonyl (C=O) groups excluding carboxylic acids is 1. The van der Waals surface area contributed by atoms with E-state index in [9.17, 15) is 4.79 Å². The van der Waals surface area contributed by atoms with Crippen molar-refractivity contribution in [1.29, 1.82) is 0 Å². The Morgan fingerprint density at radius 2 is 1.79 bits per heavy atom. The summed E-state index contributed by atoms with van der Waals surface area (Å²) in [6, 6.07) is 7.15. The molecule has 0 radical (unpaired) electrons. The first-order valence-corrected chi connectivity index (χ1v) is 4.26. The molecule has 0 aliphatic heterocycles. The summed E-state index contributed by atoms with van der Waals surface area (Å²) in [5.74, 6) is 0. The summed E-state index contributed by atoms with van der Waals surface area (Å²) in [6.07, 6.45) is 0.0301. The van der Waals surface area contributed by atoms with Crippen molar-refractivity contribution >= 4 is 17.8 Å². The standard InChI is InChI=1S/C6H8N2.C4H8O2/c7-5-2-1-3-6(8)4-5;1-4(2)6-3-5/h1-4H,7-8H2;3-4H,1-2H3. The molecule has 4 nitrogen and oxygen atoms in total. The van der Waals surface area contributed by atoms with Crippen molar-refractivity contribution in [3.05, 3.63) is 24.3 Å². The molecule has 1 rings (SSSR count). The first kappa shape index (κ1) is 12.3. The number of hydrogen-bond acceptors (Lipinski definition) is 4. The lowest BCUT2D eigenvalue weighted by Gasteiger charge is -1.96. The highest BCUT2D eigenvalue weighted by Crippen LogP contribution is 2.06. The third-order valence-corrected chi connectivity index (χ3v) is 1.24. The van der Waals surface area contributed by atoms with Crippen molar-refractivity contribution in [1.82, 2.24) is 0 Å². The molecule has 0 saturated carbocycles. The Bertz CT molecular complexity index is 257. The highest BCUT2D eigenvalue weighted by Gasteiger charge is 1.83. The molecular formula is C10H16N2O2. The number of nitrogens with two attached hydrogens (primary N) is 2. The molecule has 0 bridgehead atoms. The molecule has 0 spiro atoms. The molecule has 0 atom stereocenters. The number of benzene rings is 1. The molecule has 4 heteroatoms. The van der Waals surface area contributed by atoms with Gasteiger partial charge in [-0.3, -0.25) is 4.79 Å². The van der Waals surface area contributed by atoms with Crippen LogP contribution < -0.4 is 11.5 Å². The minimum absolute atomic E-state index is 0.0301. The monoisotopic (exact) mass is 196 g/mol. The lowest BCUT2D eigenvalue weighted by atomic mass is 10.3. The van der Waals surface area contributed by atoms with Crippen molar-refractivity contribution in [2.75, 3.05) is 11.5 Å². The second-order valence-electron chi connectivity index (χ2n) is 2.95. The summed E-state index contributed by atoms with van der Waals surface area (Å²) in [5.41, 5.74) is 12.2. The fourth-order valence-corrected chi connectivity index (χ4v) is 0.670.